The Morgan fingerprint density at radius 2 is 1.79 bits per heavy atom. The maximum Gasteiger partial charge on any atom is 0.312 e. The van der Waals surface area contributed by atoms with Crippen LogP contribution in [0.25, 0.3) is 0 Å². The van der Waals surface area contributed by atoms with Crippen molar-refractivity contribution < 1.29 is 19.5 Å². The summed E-state index contributed by atoms with van der Waals surface area (Å²) in [6, 6.07) is 16.7. The van der Waals surface area contributed by atoms with E-state index in [-0.39, 0.29) is 30.2 Å². The molecular weight excluding hydrogens is 418 g/mol. The number of carboxylic acid groups (broad SMARTS) is 1. The molecule has 0 fully saturated rings. The fourth-order valence-corrected chi connectivity index (χ4v) is 4.42. The molecule has 0 saturated carbocycles. The van der Waals surface area contributed by atoms with Gasteiger partial charge in [-0.25, -0.2) is 0 Å². The molecule has 2 aromatic carbocycles. The first-order chi connectivity index (χ1) is 15.7. The van der Waals surface area contributed by atoms with Gasteiger partial charge in [0.15, 0.2) is 0 Å². The van der Waals surface area contributed by atoms with Crippen LogP contribution in [0.15, 0.2) is 65.9 Å². The van der Waals surface area contributed by atoms with Crippen molar-refractivity contribution in [3.05, 3.63) is 77.0 Å². The largest absolute Gasteiger partial charge is 0.481 e. The molecule has 0 saturated heterocycles. The molecule has 2 amide bonds. The number of benzene rings is 2. The highest BCUT2D eigenvalue weighted by atomic mass is 16.4. The number of carbonyl (C=O) groups is 3. The van der Waals surface area contributed by atoms with Gasteiger partial charge in [-0.2, -0.15) is 0 Å². The van der Waals surface area contributed by atoms with Gasteiger partial charge in [-0.05, 0) is 55.5 Å². The van der Waals surface area contributed by atoms with E-state index in [0.29, 0.717) is 18.5 Å². The third kappa shape index (κ3) is 5.25. The Labute approximate surface area is 194 Å². The number of amides is 2. The fourth-order valence-electron chi connectivity index (χ4n) is 4.42. The molecule has 174 valence electrons. The van der Waals surface area contributed by atoms with Crippen molar-refractivity contribution in [3.8, 4) is 0 Å². The number of anilines is 1. The predicted molar refractivity (Wildman–Crippen MR) is 127 cm³/mol. The van der Waals surface area contributed by atoms with Crippen molar-refractivity contribution in [2.45, 2.75) is 52.1 Å². The van der Waals surface area contributed by atoms with E-state index in [1.165, 1.54) is 4.90 Å². The summed E-state index contributed by atoms with van der Waals surface area (Å²) in [5.41, 5.74) is 9.50. The predicted octanol–water partition coefficient (Wildman–Crippen LogP) is 4.29. The molecule has 2 aromatic rings. The van der Waals surface area contributed by atoms with Crippen LogP contribution in [0, 0.1) is 0 Å². The molecule has 0 radical (unpaired) electrons. The number of carboxylic acids is 1. The summed E-state index contributed by atoms with van der Waals surface area (Å²) >= 11 is 0. The van der Waals surface area contributed by atoms with Crippen LogP contribution in [0.3, 0.4) is 0 Å². The van der Waals surface area contributed by atoms with Gasteiger partial charge in [0, 0.05) is 12.2 Å². The van der Waals surface area contributed by atoms with Crippen LogP contribution in [-0.2, 0) is 14.4 Å². The molecule has 0 bridgehead atoms. The molecule has 0 aliphatic carbocycles. The Bertz CT molecular complexity index is 1050. The average Bonchev–Trinajstić information content (AvgIpc) is 2.78. The van der Waals surface area contributed by atoms with Gasteiger partial charge >= 0.3 is 5.97 Å². The van der Waals surface area contributed by atoms with Crippen molar-refractivity contribution in [1.82, 2.24) is 9.80 Å². The fraction of sp³-hybridized carbons (Fsp3) is 0.346. The standard InChI is InChI=1S/C26H31N3O4/c1-4-14-28(23(30)16-24(31)32)25-17(2)15-22(20-8-6-5-7-9-20)29(26(25)33)18(3)19-10-12-21(27)13-11-19/h5-13,18,22H,4,14-16,27H2,1-3H3,(H,31,32)/t18-,22-/m0/s1. The minimum Gasteiger partial charge on any atom is -0.481 e. The van der Waals surface area contributed by atoms with E-state index in [4.69, 9.17) is 10.8 Å². The van der Waals surface area contributed by atoms with E-state index in [1.54, 1.807) is 17.0 Å². The number of hydrogen-bond acceptors (Lipinski definition) is 4. The van der Waals surface area contributed by atoms with Crippen LogP contribution in [-0.4, -0.2) is 39.2 Å². The van der Waals surface area contributed by atoms with Crippen molar-refractivity contribution >= 4 is 23.5 Å². The summed E-state index contributed by atoms with van der Waals surface area (Å²) in [5.74, 6) is -2.06. The molecule has 7 heteroatoms. The minimum absolute atomic E-state index is 0.215. The maximum atomic E-state index is 14.0. The minimum atomic E-state index is -1.21. The lowest BCUT2D eigenvalue weighted by Gasteiger charge is -2.43. The quantitative estimate of drug-likeness (QED) is 0.462. The Balaban J connectivity index is 2.09. The van der Waals surface area contributed by atoms with Gasteiger partial charge in [0.1, 0.15) is 12.1 Å². The smallest absolute Gasteiger partial charge is 0.312 e. The number of rotatable bonds is 8. The molecule has 7 nitrogen and oxygen atoms in total. The van der Waals surface area contributed by atoms with Gasteiger partial charge in [0.2, 0.25) is 5.91 Å². The second-order valence-electron chi connectivity index (χ2n) is 8.43. The highest BCUT2D eigenvalue weighted by Gasteiger charge is 2.40. The Hall–Kier alpha value is -3.61. The molecule has 0 spiro atoms. The van der Waals surface area contributed by atoms with Crippen molar-refractivity contribution in [2.24, 2.45) is 0 Å². The monoisotopic (exact) mass is 449 g/mol. The van der Waals surface area contributed by atoms with Crippen molar-refractivity contribution in [1.29, 1.82) is 0 Å². The SMILES string of the molecule is CCCN(C(=O)CC(=O)O)C1=C(C)C[C@@H](c2ccccc2)N([C@@H](C)c2ccc(N)cc2)C1=O. The van der Waals surface area contributed by atoms with E-state index in [1.807, 2.05) is 63.2 Å². The van der Waals surface area contributed by atoms with E-state index in [9.17, 15) is 14.4 Å². The van der Waals surface area contributed by atoms with Gasteiger partial charge in [-0.3, -0.25) is 14.4 Å². The van der Waals surface area contributed by atoms with Crippen LogP contribution < -0.4 is 5.73 Å². The number of hydrogen-bond donors (Lipinski definition) is 2. The molecule has 33 heavy (non-hydrogen) atoms. The average molecular weight is 450 g/mol. The molecular formula is C26H31N3O4. The lowest BCUT2D eigenvalue weighted by molar-refractivity contribution is -0.146. The van der Waals surface area contributed by atoms with Crippen molar-refractivity contribution in [2.75, 3.05) is 12.3 Å². The molecule has 3 N–H and O–H groups in total. The zero-order valence-corrected chi connectivity index (χ0v) is 19.3. The molecule has 0 unspecified atom stereocenters. The third-order valence-electron chi connectivity index (χ3n) is 6.02. The lowest BCUT2D eigenvalue weighted by Crippen LogP contribution is -2.47. The second kappa shape index (κ2) is 10.3. The van der Waals surface area contributed by atoms with Crippen LogP contribution in [0.2, 0.25) is 0 Å². The van der Waals surface area contributed by atoms with Gasteiger partial charge in [0.05, 0.1) is 12.1 Å². The van der Waals surface area contributed by atoms with Crippen LogP contribution in [0.5, 0.6) is 0 Å². The lowest BCUT2D eigenvalue weighted by atomic mass is 9.89. The summed E-state index contributed by atoms with van der Waals surface area (Å²) < 4.78 is 0. The zero-order valence-electron chi connectivity index (χ0n) is 19.3. The summed E-state index contributed by atoms with van der Waals surface area (Å²) in [5, 5.41) is 9.16. The third-order valence-corrected chi connectivity index (χ3v) is 6.02. The first-order valence-electron chi connectivity index (χ1n) is 11.2. The molecule has 3 rings (SSSR count). The second-order valence-corrected chi connectivity index (χ2v) is 8.43. The van der Waals surface area contributed by atoms with Gasteiger partial charge < -0.3 is 20.6 Å². The van der Waals surface area contributed by atoms with E-state index in [2.05, 4.69) is 0 Å². The Kier molecular flexibility index (Phi) is 7.53. The summed E-state index contributed by atoms with van der Waals surface area (Å²) in [7, 11) is 0. The van der Waals surface area contributed by atoms with E-state index in [0.717, 1.165) is 16.7 Å². The highest BCUT2D eigenvalue weighted by molar-refractivity contribution is 6.02. The molecule has 1 aliphatic heterocycles. The first kappa shape index (κ1) is 24.0. The van der Waals surface area contributed by atoms with Crippen LogP contribution >= 0.6 is 0 Å². The van der Waals surface area contributed by atoms with Gasteiger partial charge in [0.25, 0.3) is 5.91 Å². The van der Waals surface area contributed by atoms with E-state index >= 15 is 0 Å². The highest BCUT2D eigenvalue weighted by Crippen LogP contribution is 2.41. The topological polar surface area (TPSA) is 104 Å². The number of nitrogen functional groups attached to an aromatic ring is 1. The summed E-state index contributed by atoms with van der Waals surface area (Å²) in [6.07, 6.45) is 0.496. The number of nitrogens with two attached hydrogens (primary N) is 1. The molecule has 1 aliphatic rings. The Morgan fingerprint density at radius 3 is 2.36 bits per heavy atom. The molecule has 0 aromatic heterocycles. The van der Waals surface area contributed by atoms with Gasteiger partial charge in [-0.1, -0.05) is 49.4 Å². The number of aliphatic carboxylic acids is 1. The zero-order chi connectivity index (χ0) is 24.1. The van der Waals surface area contributed by atoms with Crippen LogP contribution in [0.4, 0.5) is 5.69 Å². The van der Waals surface area contributed by atoms with Crippen molar-refractivity contribution in [3.63, 3.8) is 0 Å². The van der Waals surface area contributed by atoms with E-state index < -0.39 is 18.3 Å². The van der Waals surface area contributed by atoms with Gasteiger partial charge in [-0.15, -0.1) is 0 Å². The van der Waals surface area contributed by atoms with Crippen LogP contribution in [0.1, 0.15) is 63.2 Å². The normalized spacial score (nSPS) is 17.1. The summed E-state index contributed by atoms with van der Waals surface area (Å²) in [6.45, 7) is 5.99. The Morgan fingerprint density at radius 1 is 1.15 bits per heavy atom. The number of carbonyl (C=O) groups excluding carboxylic acids is 2. The first-order valence-corrected chi connectivity index (χ1v) is 11.2. The summed E-state index contributed by atoms with van der Waals surface area (Å²) in [4.78, 5) is 41.2. The number of nitrogens with zero attached hydrogens (tertiary/aromatic N) is 2. The molecule has 1 heterocycles. The maximum absolute atomic E-state index is 14.0. The molecule has 2 atom stereocenters.